The largest absolute Gasteiger partial charge is 0.465 e. The third-order valence-electron chi connectivity index (χ3n) is 6.71. The van der Waals surface area contributed by atoms with Crippen LogP contribution in [-0.4, -0.2) is 30.3 Å². The van der Waals surface area contributed by atoms with Crippen LogP contribution in [0.5, 0.6) is 0 Å². The fourth-order valence-electron chi connectivity index (χ4n) is 5.64. The molecule has 0 radical (unpaired) electrons. The second kappa shape index (κ2) is 6.27. The fourth-order valence-corrected chi connectivity index (χ4v) is 5.64. The van der Waals surface area contributed by atoms with E-state index in [1.807, 2.05) is 12.1 Å². The van der Waals surface area contributed by atoms with Gasteiger partial charge in [0.1, 0.15) is 11.0 Å². The monoisotopic (exact) mass is 445 g/mol. The number of amides is 1. The molecule has 2 aromatic rings. The highest BCUT2D eigenvalue weighted by molar-refractivity contribution is 6.06. The van der Waals surface area contributed by atoms with Crippen molar-refractivity contribution < 1.29 is 32.2 Å². The van der Waals surface area contributed by atoms with Gasteiger partial charge in [0, 0.05) is 5.41 Å². The molecule has 168 valence electrons. The van der Waals surface area contributed by atoms with Crippen molar-refractivity contribution in [1.82, 2.24) is 0 Å². The third-order valence-corrected chi connectivity index (χ3v) is 6.71. The molecule has 5 rings (SSSR count). The summed E-state index contributed by atoms with van der Waals surface area (Å²) < 4.78 is 50.5. The van der Waals surface area contributed by atoms with Crippen molar-refractivity contribution in [2.75, 3.05) is 11.5 Å². The molecule has 2 heterocycles. The summed E-state index contributed by atoms with van der Waals surface area (Å²) in [5, 5.41) is 0. The number of benzene rings is 2. The van der Waals surface area contributed by atoms with Gasteiger partial charge >= 0.3 is 18.2 Å². The van der Waals surface area contributed by atoms with E-state index in [9.17, 15) is 22.8 Å². The van der Waals surface area contributed by atoms with Crippen molar-refractivity contribution in [2.24, 2.45) is 0 Å². The van der Waals surface area contributed by atoms with Crippen molar-refractivity contribution in [2.45, 2.75) is 55.8 Å². The van der Waals surface area contributed by atoms with Gasteiger partial charge in [0.25, 0.3) is 0 Å². The van der Waals surface area contributed by atoms with Gasteiger partial charge in [-0.3, -0.25) is 9.69 Å². The van der Waals surface area contributed by atoms with Crippen LogP contribution >= 0.6 is 0 Å². The summed E-state index contributed by atoms with van der Waals surface area (Å²) in [7, 11) is 0. The first-order valence-corrected chi connectivity index (χ1v) is 10.4. The average Bonchev–Trinajstić information content (AvgIpc) is 3.22. The van der Waals surface area contributed by atoms with E-state index in [-0.39, 0.29) is 6.61 Å². The second-order valence-corrected chi connectivity index (χ2v) is 9.51. The summed E-state index contributed by atoms with van der Waals surface area (Å²) in [6.45, 7) is 5.43. The third kappa shape index (κ3) is 2.52. The Labute approximate surface area is 183 Å². The number of hydrogen-bond donors (Lipinski definition) is 0. The number of halogens is 3. The number of carbonyl (C=O) groups is 2. The van der Waals surface area contributed by atoms with Crippen LogP contribution in [-0.2, 0) is 31.3 Å². The van der Waals surface area contributed by atoms with Gasteiger partial charge in [-0.1, -0.05) is 30.3 Å². The minimum Gasteiger partial charge on any atom is -0.465 e. The van der Waals surface area contributed by atoms with Gasteiger partial charge in [-0.15, -0.1) is 0 Å². The maximum atomic E-state index is 13.3. The van der Waals surface area contributed by atoms with Crippen molar-refractivity contribution in [1.29, 1.82) is 0 Å². The molecule has 0 N–H and O–H groups in total. The van der Waals surface area contributed by atoms with E-state index in [1.54, 1.807) is 32.9 Å². The second-order valence-electron chi connectivity index (χ2n) is 9.51. The predicted octanol–water partition coefficient (Wildman–Crippen LogP) is 4.97. The van der Waals surface area contributed by atoms with Gasteiger partial charge in [0.2, 0.25) is 0 Å². The van der Waals surface area contributed by atoms with Crippen LogP contribution in [0.3, 0.4) is 0 Å². The molecule has 2 aromatic carbocycles. The van der Waals surface area contributed by atoms with Gasteiger partial charge in [-0.2, -0.15) is 13.2 Å². The zero-order valence-electron chi connectivity index (χ0n) is 17.8. The number of rotatable bonds is 1. The number of anilines is 1. The molecule has 1 saturated heterocycles. The number of esters is 1. The Kier molecular flexibility index (Phi) is 4.08. The summed E-state index contributed by atoms with van der Waals surface area (Å²) in [5.41, 5.74) is -1.73. The number of carbonyl (C=O) groups excluding carboxylic acids is 2. The van der Waals surface area contributed by atoms with Gasteiger partial charge in [-0.05, 0) is 56.5 Å². The molecule has 3 aliphatic rings. The summed E-state index contributed by atoms with van der Waals surface area (Å²) in [4.78, 5) is 28.0. The van der Waals surface area contributed by atoms with Crippen molar-refractivity contribution in [3.8, 4) is 0 Å². The number of para-hydroxylation sites is 1. The zero-order valence-corrected chi connectivity index (χ0v) is 17.8. The molecule has 2 fully saturated rings. The van der Waals surface area contributed by atoms with Gasteiger partial charge in [-0.25, -0.2) is 4.79 Å². The Morgan fingerprint density at radius 2 is 1.75 bits per heavy atom. The average molecular weight is 445 g/mol. The molecule has 1 spiro atoms. The first-order chi connectivity index (χ1) is 14.9. The molecular formula is C24H22F3NO4. The zero-order chi connectivity index (χ0) is 23.1. The van der Waals surface area contributed by atoms with Gasteiger partial charge in [0.15, 0.2) is 0 Å². The molecule has 8 heteroatoms. The molecule has 32 heavy (non-hydrogen) atoms. The van der Waals surface area contributed by atoms with E-state index < -0.39 is 46.3 Å². The number of cyclic esters (lactones) is 1. The Balaban J connectivity index is 1.68. The molecule has 1 saturated carbocycles. The van der Waals surface area contributed by atoms with Crippen LogP contribution in [0, 0.1) is 0 Å². The highest BCUT2D eigenvalue weighted by atomic mass is 19.4. The van der Waals surface area contributed by atoms with E-state index >= 15 is 0 Å². The lowest BCUT2D eigenvalue weighted by molar-refractivity contribution is -0.151. The Morgan fingerprint density at radius 3 is 2.38 bits per heavy atom. The normalized spacial score (nSPS) is 28.4. The van der Waals surface area contributed by atoms with Crippen LogP contribution in [0.1, 0.15) is 43.9 Å². The maximum absolute atomic E-state index is 13.3. The summed E-state index contributed by atoms with van der Waals surface area (Å²) >= 11 is 0. The van der Waals surface area contributed by atoms with E-state index in [0.717, 1.165) is 17.7 Å². The predicted molar refractivity (Wildman–Crippen MR) is 109 cm³/mol. The standard InChI is InChI=1S/C24H22F3NO4/c1-21(2,3)32-20(30)28-17-7-5-4-6-16(17)22-12-13-31-19(29)23(22,18(22)28)14-8-10-15(11-9-14)24(25,26)27/h4-11,18H,12-13H2,1-3H3/t18-,22+,23-/m0/s1. The minimum absolute atomic E-state index is 0.175. The Hall–Kier alpha value is -3.03. The summed E-state index contributed by atoms with van der Waals surface area (Å²) in [6.07, 6.45) is -4.63. The summed E-state index contributed by atoms with van der Waals surface area (Å²) in [5.74, 6) is -0.531. The Bertz CT molecular complexity index is 1120. The SMILES string of the molecule is CC(C)(C)OC(=O)N1c2ccccc2[C@@]23CCOC(=O)[C@]2(c2ccc(C(F)(F)F)cc2)[C@@H]13. The number of alkyl halides is 3. The molecule has 5 nitrogen and oxygen atoms in total. The van der Waals surface area contributed by atoms with Gasteiger partial charge in [0.05, 0.1) is 23.9 Å². The van der Waals surface area contributed by atoms with Crippen molar-refractivity contribution in [3.63, 3.8) is 0 Å². The van der Waals surface area contributed by atoms with E-state index in [4.69, 9.17) is 9.47 Å². The number of nitrogens with zero attached hydrogens (tertiary/aromatic N) is 1. The van der Waals surface area contributed by atoms with Crippen LogP contribution in [0.2, 0.25) is 0 Å². The lowest BCUT2D eigenvalue weighted by Gasteiger charge is -2.33. The van der Waals surface area contributed by atoms with Crippen LogP contribution < -0.4 is 4.90 Å². The van der Waals surface area contributed by atoms with Crippen molar-refractivity contribution >= 4 is 17.7 Å². The minimum atomic E-state index is -4.49. The topological polar surface area (TPSA) is 55.8 Å². The first kappa shape index (κ1) is 20.8. The van der Waals surface area contributed by atoms with Gasteiger partial charge < -0.3 is 9.47 Å². The first-order valence-electron chi connectivity index (χ1n) is 10.4. The highest BCUT2D eigenvalue weighted by Gasteiger charge is 2.89. The molecule has 2 aliphatic heterocycles. The summed E-state index contributed by atoms with van der Waals surface area (Å²) in [6, 6.07) is 11.3. The smallest absolute Gasteiger partial charge is 0.416 e. The van der Waals surface area contributed by atoms with Crippen LogP contribution in [0.15, 0.2) is 48.5 Å². The molecular weight excluding hydrogens is 423 g/mol. The molecule has 3 atom stereocenters. The van der Waals surface area contributed by atoms with Crippen LogP contribution in [0.25, 0.3) is 0 Å². The Morgan fingerprint density at radius 1 is 1.09 bits per heavy atom. The van der Waals surface area contributed by atoms with E-state index in [1.165, 1.54) is 17.0 Å². The number of hydrogen-bond acceptors (Lipinski definition) is 4. The lowest BCUT2D eigenvalue weighted by atomic mass is 9.77. The van der Waals surface area contributed by atoms with Crippen LogP contribution in [0.4, 0.5) is 23.7 Å². The molecule has 0 bridgehead atoms. The number of fused-ring (bicyclic) bond motifs is 2. The van der Waals surface area contributed by atoms with Crippen molar-refractivity contribution in [3.05, 3.63) is 65.2 Å². The number of ether oxygens (including phenoxy) is 2. The molecule has 0 unspecified atom stereocenters. The molecule has 0 aromatic heterocycles. The van der Waals surface area contributed by atoms with E-state index in [0.29, 0.717) is 17.7 Å². The fraction of sp³-hybridized carbons (Fsp3) is 0.417. The molecule has 1 amide bonds. The quantitative estimate of drug-likeness (QED) is 0.582. The lowest BCUT2D eigenvalue weighted by Crippen LogP contribution is -2.44. The van der Waals surface area contributed by atoms with E-state index in [2.05, 4.69) is 0 Å². The molecule has 1 aliphatic carbocycles. The maximum Gasteiger partial charge on any atom is 0.416 e. The highest BCUT2D eigenvalue weighted by Crippen LogP contribution is 2.76.